The number of thiophene rings is 1. The maximum Gasteiger partial charge on any atom is 0.271 e. The van der Waals surface area contributed by atoms with Crippen LogP contribution >= 0.6 is 11.3 Å². The summed E-state index contributed by atoms with van der Waals surface area (Å²) >= 11 is 1.42. The van der Waals surface area contributed by atoms with Crippen LogP contribution in [-0.2, 0) is 17.9 Å². The molecule has 30 heavy (non-hydrogen) atoms. The Hall–Kier alpha value is -2.77. The zero-order valence-electron chi connectivity index (χ0n) is 17.7. The van der Waals surface area contributed by atoms with Gasteiger partial charge in [-0.2, -0.15) is 0 Å². The fraction of sp³-hybridized carbons (Fsp3) is 0.348. The molecule has 3 aromatic heterocycles. The number of rotatable bonds is 7. The molecule has 0 radical (unpaired) electrons. The Balaban J connectivity index is 2.05. The van der Waals surface area contributed by atoms with E-state index in [0.29, 0.717) is 29.2 Å². The first kappa shape index (κ1) is 20.5. The molecular formula is C23H25N3O3S. The van der Waals surface area contributed by atoms with Gasteiger partial charge >= 0.3 is 0 Å². The Kier molecular flexibility index (Phi) is 5.83. The number of hydrogen-bond acceptors (Lipinski definition) is 6. The molecule has 0 saturated carbocycles. The molecule has 0 spiro atoms. The van der Waals surface area contributed by atoms with Crippen molar-refractivity contribution in [1.82, 2.24) is 14.5 Å². The Labute approximate surface area is 179 Å². The van der Waals surface area contributed by atoms with Gasteiger partial charge in [0.2, 0.25) is 0 Å². The van der Waals surface area contributed by atoms with Crippen LogP contribution in [0.15, 0.2) is 35.1 Å². The molecule has 1 aromatic carbocycles. The molecule has 7 heteroatoms. The summed E-state index contributed by atoms with van der Waals surface area (Å²) in [6.07, 6.45) is 1.91. The molecule has 4 aromatic rings. The first-order chi connectivity index (χ1) is 14.6. The third-order valence-electron chi connectivity index (χ3n) is 5.14. The number of aromatic nitrogens is 3. The van der Waals surface area contributed by atoms with Gasteiger partial charge < -0.3 is 9.47 Å². The van der Waals surface area contributed by atoms with Crippen LogP contribution < -0.4 is 10.3 Å². The molecule has 0 fully saturated rings. The summed E-state index contributed by atoms with van der Waals surface area (Å²) in [6.45, 7) is 5.15. The average Bonchev–Trinajstić information content (AvgIpc) is 3.12. The monoisotopic (exact) mass is 423 g/mol. The lowest BCUT2D eigenvalue weighted by atomic mass is 10.1. The highest BCUT2D eigenvalue weighted by atomic mass is 32.1. The minimum Gasteiger partial charge on any atom is -0.497 e. The van der Waals surface area contributed by atoms with Crippen molar-refractivity contribution in [3.05, 3.63) is 51.9 Å². The lowest BCUT2D eigenvalue weighted by Gasteiger charge is -2.13. The quantitative estimate of drug-likeness (QED) is 0.421. The zero-order valence-corrected chi connectivity index (χ0v) is 18.5. The van der Waals surface area contributed by atoms with Crippen LogP contribution in [0.3, 0.4) is 0 Å². The van der Waals surface area contributed by atoms with Crippen LogP contribution in [0.2, 0.25) is 0 Å². The van der Waals surface area contributed by atoms with Crippen molar-refractivity contribution >= 4 is 31.8 Å². The van der Waals surface area contributed by atoms with Gasteiger partial charge in [-0.3, -0.25) is 9.36 Å². The van der Waals surface area contributed by atoms with E-state index in [1.165, 1.54) is 11.3 Å². The van der Waals surface area contributed by atoms with Gasteiger partial charge in [0.1, 0.15) is 21.1 Å². The highest BCUT2D eigenvalue weighted by Crippen LogP contribution is 2.34. The molecule has 0 aliphatic heterocycles. The number of nitrogens with zero attached hydrogens (tertiary/aromatic N) is 3. The van der Waals surface area contributed by atoms with Gasteiger partial charge in [0.25, 0.3) is 5.56 Å². The van der Waals surface area contributed by atoms with E-state index in [9.17, 15) is 4.79 Å². The molecule has 0 N–H and O–H groups in total. The molecule has 0 amide bonds. The Morgan fingerprint density at radius 1 is 1.13 bits per heavy atom. The standard InChI is InChI=1S/C23H25N3O3S/c1-5-6-11-26-21(15-7-9-17(29-4)10-8-15)25-19-18-16(13-28-3)12-14(2)24-22(18)30-20(19)23(26)27/h7-10,12H,5-6,11,13H2,1-4H3. The summed E-state index contributed by atoms with van der Waals surface area (Å²) in [5.41, 5.74) is 3.49. The minimum absolute atomic E-state index is 0.0108. The number of fused-ring (bicyclic) bond motifs is 3. The van der Waals surface area contributed by atoms with Crippen molar-refractivity contribution in [1.29, 1.82) is 0 Å². The molecule has 0 saturated heterocycles. The minimum atomic E-state index is -0.0108. The Morgan fingerprint density at radius 2 is 1.90 bits per heavy atom. The topological polar surface area (TPSA) is 66.2 Å². The lowest BCUT2D eigenvalue weighted by Crippen LogP contribution is -2.22. The highest BCUT2D eigenvalue weighted by Gasteiger charge is 2.20. The maximum atomic E-state index is 13.5. The van der Waals surface area contributed by atoms with Gasteiger partial charge in [-0.15, -0.1) is 11.3 Å². The second-order valence-corrected chi connectivity index (χ2v) is 8.29. The van der Waals surface area contributed by atoms with Crippen molar-refractivity contribution in [2.24, 2.45) is 0 Å². The van der Waals surface area contributed by atoms with Crippen molar-refractivity contribution in [3.8, 4) is 17.1 Å². The van der Waals surface area contributed by atoms with Crippen molar-refractivity contribution in [2.45, 2.75) is 39.8 Å². The van der Waals surface area contributed by atoms with E-state index in [-0.39, 0.29) is 5.56 Å². The van der Waals surface area contributed by atoms with E-state index in [4.69, 9.17) is 14.5 Å². The van der Waals surface area contributed by atoms with Crippen LogP contribution in [0.5, 0.6) is 5.75 Å². The predicted octanol–water partition coefficient (Wildman–Crippen LogP) is 4.94. The normalized spacial score (nSPS) is 11.5. The first-order valence-electron chi connectivity index (χ1n) is 10.0. The molecule has 0 bridgehead atoms. The number of unbranched alkanes of at least 4 members (excludes halogenated alkanes) is 1. The molecule has 6 nitrogen and oxygen atoms in total. The van der Waals surface area contributed by atoms with Crippen LogP contribution in [-0.4, -0.2) is 28.8 Å². The van der Waals surface area contributed by atoms with Crippen molar-refractivity contribution in [2.75, 3.05) is 14.2 Å². The summed E-state index contributed by atoms with van der Waals surface area (Å²) in [6, 6.07) is 9.69. The number of benzene rings is 1. The van der Waals surface area contributed by atoms with Crippen LogP contribution in [0.25, 0.3) is 31.8 Å². The number of ether oxygens (including phenoxy) is 2. The number of aryl methyl sites for hydroxylation is 1. The largest absolute Gasteiger partial charge is 0.497 e. The molecule has 3 heterocycles. The smallest absolute Gasteiger partial charge is 0.271 e. The SMILES string of the molecule is CCCCn1c(-c2ccc(OC)cc2)nc2c(sc3nc(C)cc(COC)c32)c1=O. The number of pyridine rings is 1. The summed E-state index contributed by atoms with van der Waals surface area (Å²) < 4.78 is 13.1. The molecule has 0 aliphatic carbocycles. The van der Waals surface area contributed by atoms with Crippen LogP contribution in [0, 0.1) is 6.92 Å². The zero-order chi connectivity index (χ0) is 21.3. The van der Waals surface area contributed by atoms with E-state index in [0.717, 1.165) is 45.6 Å². The molecule has 156 valence electrons. The first-order valence-corrected chi connectivity index (χ1v) is 10.9. The number of hydrogen-bond donors (Lipinski definition) is 0. The second-order valence-electron chi connectivity index (χ2n) is 7.29. The van der Waals surface area contributed by atoms with E-state index < -0.39 is 0 Å². The lowest BCUT2D eigenvalue weighted by molar-refractivity contribution is 0.186. The van der Waals surface area contributed by atoms with Gasteiger partial charge in [0.05, 0.1) is 19.2 Å². The fourth-order valence-electron chi connectivity index (χ4n) is 3.69. The predicted molar refractivity (Wildman–Crippen MR) is 122 cm³/mol. The molecule has 4 rings (SSSR count). The van der Waals surface area contributed by atoms with E-state index in [1.54, 1.807) is 18.8 Å². The number of methoxy groups -OCH3 is 2. The van der Waals surface area contributed by atoms with Crippen molar-refractivity contribution < 1.29 is 9.47 Å². The molecular weight excluding hydrogens is 398 g/mol. The Morgan fingerprint density at radius 3 is 2.57 bits per heavy atom. The van der Waals surface area contributed by atoms with Gasteiger partial charge in [-0.05, 0) is 49.2 Å². The average molecular weight is 424 g/mol. The third-order valence-corrected chi connectivity index (χ3v) is 6.20. The van der Waals surface area contributed by atoms with Gasteiger partial charge in [0, 0.05) is 30.3 Å². The Bertz CT molecular complexity index is 1260. The third kappa shape index (κ3) is 3.59. The molecule has 0 unspecified atom stereocenters. The van der Waals surface area contributed by atoms with Crippen molar-refractivity contribution in [3.63, 3.8) is 0 Å². The van der Waals surface area contributed by atoms with Gasteiger partial charge in [0.15, 0.2) is 0 Å². The highest BCUT2D eigenvalue weighted by molar-refractivity contribution is 7.25. The van der Waals surface area contributed by atoms with E-state index in [1.807, 2.05) is 37.3 Å². The molecule has 0 atom stereocenters. The maximum absolute atomic E-state index is 13.5. The summed E-state index contributed by atoms with van der Waals surface area (Å²) in [5, 5.41) is 0.914. The molecule has 0 aliphatic rings. The van der Waals surface area contributed by atoms with Gasteiger partial charge in [-0.1, -0.05) is 13.3 Å². The van der Waals surface area contributed by atoms with Crippen LogP contribution in [0.1, 0.15) is 31.0 Å². The van der Waals surface area contributed by atoms with E-state index in [2.05, 4.69) is 11.9 Å². The van der Waals surface area contributed by atoms with Gasteiger partial charge in [-0.25, -0.2) is 9.97 Å². The second kappa shape index (κ2) is 8.53. The fourth-order valence-corrected chi connectivity index (χ4v) is 4.84. The summed E-state index contributed by atoms with van der Waals surface area (Å²) in [4.78, 5) is 24.0. The van der Waals surface area contributed by atoms with Crippen LogP contribution in [0.4, 0.5) is 0 Å². The summed E-state index contributed by atoms with van der Waals surface area (Å²) in [7, 11) is 3.31. The van der Waals surface area contributed by atoms with E-state index >= 15 is 0 Å². The summed E-state index contributed by atoms with van der Waals surface area (Å²) in [5.74, 6) is 1.44.